The number of amides is 1. The smallest absolute Gasteiger partial charge is 0.234 e. The number of hydrogen-bond acceptors (Lipinski definition) is 7. The van der Waals surface area contributed by atoms with E-state index in [4.69, 9.17) is 5.73 Å². The molecule has 1 aliphatic heterocycles. The fraction of sp³-hybridized carbons (Fsp3) is 0.750. The maximum absolute atomic E-state index is 11.8. The number of hydrogen-bond donors (Lipinski definition) is 3. The van der Waals surface area contributed by atoms with Crippen LogP contribution in [0, 0.1) is 0 Å². The first-order valence-electron chi connectivity index (χ1n) is 6.88. The molecule has 0 saturated carbocycles. The van der Waals surface area contributed by atoms with E-state index >= 15 is 0 Å². The van der Waals surface area contributed by atoms with Crippen LogP contribution in [0.1, 0.15) is 24.3 Å². The molecule has 1 atom stereocenters. The monoisotopic (exact) mass is 299 g/mol. The fourth-order valence-corrected chi connectivity index (χ4v) is 2.92. The van der Waals surface area contributed by atoms with Crippen LogP contribution in [0.25, 0.3) is 0 Å². The van der Waals surface area contributed by atoms with E-state index in [0.29, 0.717) is 24.8 Å². The van der Waals surface area contributed by atoms with Crippen LogP contribution in [0.15, 0.2) is 0 Å². The summed E-state index contributed by atoms with van der Waals surface area (Å²) in [5, 5.41) is 21.5. The van der Waals surface area contributed by atoms with Gasteiger partial charge in [0.25, 0.3) is 0 Å². The number of β-amino-alcohol motifs (C(OH)–C–C–N with tert-alkyl or cyclic N) is 1. The highest BCUT2D eigenvalue weighted by Crippen LogP contribution is 2.12. The first kappa shape index (κ1) is 15.1. The zero-order chi connectivity index (χ0) is 14.4. The molecular weight excluding hydrogens is 278 g/mol. The lowest BCUT2D eigenvalue weighted by Crippen LogP contribution is -2.44. The number of carbonyl (C=O) groups is 1. The summed E-state index contributed by atoms with van der Waals surface area (Å²) in [7, 11) is 0. The molecule has 7 nitrogen and oxygen atoms in total. The molecule has 0 spiro atoms. The number of carbonyl (C=O) groups excluding carboxylic acids is 1. The van der Waals surface area contributed by atoms with Gasteiger partial charge in [-0.3, -0.25) is 9.69 Å². The van der Waals surface area contributed by atoms with Crippen molar-refractivity contribution < 1.29 is 9.90 Å². The third kappa shape index (κ3) is 5.03. The number of aliphatic hydroxyl groups is 1. The van der Waals surface area contributed by atoms with Crippen molar-refractivity contribution in [1.82, 2.24) is 20.4 Å². The summed E-state index contributed by atoms with van der Waals surface area (Å²) in [6, 6.07) is 0. The number of nitrogens with one attached hydrogen (secondary N) is 1. The SMILES string of the molecule is Nc1nnc(CCCNC(=O)CN2CCC[C@H](O)C2)s1. The van der Waals surface area contributed by atoms with Crippen LogP contribution in [0.5, 0.6) is 0 Å². The van der Waals surface area contributed by atoms with Gasteiger partial charge in [-0.1, -0.05) is 11.3 Å². The lowest BCUT2D eigenvalue weighted by atomic mass is 10.1. The Hall–Kier alpha value is -1.25. The molecule has 2 rings (SSSR count). The molecular formula is C12H21N5O2S. The number of aryl methyl sites for hydroxylation is 1. The zero-order valence-corrected chi connectivity index (χ0v) is 12.2. The van der Waals surface area contributed by atoms with E-state index in [1.54, 1.807) is 0 Å². The Morgan fingerprint density at radius 1 is 1.55 bits per heavy atom. The topological polar surface area (TPSA) is 104 Å². The largest absolute Gasteiger partial charge is 0.392 e. The predicted molar refractivity (Wildman–Crippen MR) is 77.3 cm³/mol. The van der Waals surface area contributed by atoms with Crippen molar-refractivity contribution in [2.24, 2.45) is 0 Å². The van der Waals surface area contributed by atoms with Gasteiger partial charge in [0.1, 0.15) is 5.01 Å². The van der Waals surface area contributed by atoms with Crippen molar-refractivity contribution in [3.05, 3.63) is 5.01 Å². The van der Waals surface area contributed by atoms with Gasteiger partial charge >= 0.3 is 0 Å². The van der Waals surface area contributed by atoms with Crippen molar-refractivity contribution in [2.75, 3.05) is 31.9 Å². The van der Waals surface area contributed by atoms with Crippen LogP contribution in [-0.2, 0) is 11.2 Å². The summed E-state index contributed by atoms with van der Waals surface area (Å²) >= 11 is 1.38. The highest BCUT2D eigenvalue weighted by molar-refractivity contribution is 7.15. The van der Waals surface area contributed by atoms with Gasteiger partial charge in [0.05, 0.1) is 12.6 Å². The number of nitrogens with two attached hydrogens (primary N) is 1. The van der Waals surface area contributed by atoms with Gasteiger partial charge in [-0.05, 0) is 25.8 Å². The second-order valence-corrected chi connectivity index (χ2v) is 6.11. The Bertz CT molecular complexity index is 439. The quantitative estimate of drug-likeness (QED) is 0.619. The van der Waals surface area contributed by atoms with Crippen LogP contribution in [0.4, 0.5) is 5.13 Å². The molecule has 0 aliphatic carbocycles. The Morgan fingerprint density at radius 2 is 2.40 bits per heavy atom. The van der Waals surface area contributed by atoms with Gasteiger partial charge in [0.2, 0.25) is 11.0 Å². The first-order valence-corrected chi connectivity index (χ1v) is 7.70. The van der Waals surface area contributed by atoms with Crippen LogP contribution >= 0.6 is 11.3 Å². The normalized spacial score (nSPS) is 19.9. The first-order chi connectivity index (χ1) is 9.63. The molecule has 1 fully saturated rings. The zero-order valence-electron chi connectivity index (χ0n) is 11.4. The van der Waals surface area contributed by atoms with E-state index in [2.05, 4.69) is 15.5 Å². The third-order valence-electron chi connectivity index (χ3n) is 3.22. The van der Waals surface area contributed by atoms with Crippen molar-refractivity contribution in [2.45, 2.75) is 31.8 Å². The van der Waals surface area contributed by atoms with Crippen molar-refractivity contribution in [1.29, 1.82) is 0 Å². The average Bonchev–Trinajstić information content (AvgIpc) is 2.80. The van der Waals surface area contributed by atoms with Gasteiger partial charge in [-0.15, -0.1) is 10.2 Å². The number of likely N-dealkylation sites (tertiary alicyclic amines) is 1. The second-order valence-electron chi connectivity index (χ2n) is 5.02. The highest BCUT2D eigenvalue weighted by atomic mass is 32.1. The number of aromatic nitrogens is 2. The second kappa shape index (κ2) is 7.51. The Morgan fingerprint density at radius 3 is 3.10 bits per heavy atom. The minimum absolute atomic E-state index is 0.0101. The van der Waals surface area contributed by atoms with Crippen molar-refractivity contribution >= 4 is 22.4 Å². The van der Waals surface area contributed by atoms with E-state index in [0.717, 1.165) is 37.2 Å². The van der Waals surface area contributed by atoms with E-state index in [1.807, 2.05) is 4.90 Å². The maximum atomic E-state index is 11.8. The molecule has 4 N–H and O–H groups in total. The van der Waals surface area contributed by atoms with Gasteiger partial charge in [-0.2, -0.15) is 0 Å². The summed E-state index contributed by atoms with van der Waals surface area (Å²) in [6.07, 6.45) is 3.09. The minimum atomic E-state index is -0.292. The van der Waals surface area contributed by atoms with E-state index in [-0.39, 0.29) is 12.0 Å². The van der Waals surface area contributed by atoms with Crippen molar-refractivity contribution in [3.63, 3.8) is 0 Å². The maximum Gasteiger partial charge on any atom is 0.234 e. The number of aliphatic hydroxyl groups excluding tert-OH is 1. The van der Waals surface area contributed by atoms with Crippen LogP contribution in [0.3, 0.4) is 0 Å². The number of rotatable bonds is 6. The Balaban J connectivity index is 1.58. The molecule has 8 heteroatoms. The lowest BCUT2D eigenvalue weighted by Gasteiger charge is -2.29. The number of anilines is 1. The Labute approximate surface area is 122 Å². The summed E-state index contributed by atoms with van der Waals surface area (Å²) in [5.41, 5.74) is 5.50. The van der Waals surface area contributed by atoms with Crippen molar-refractivity contribution in [3.8, 4) is 0 Å². The summed E-state index contributed by atoms with van der Waals surface area (Å²) in [5.74, 6) is 0.0101. The molecule has 0 unspecified atom stereocenters. The van der Waals surface area contributed by atoms with E-state index in [1.165, 1.54) is 11.3 Å². The number of nitrogens with zero attached hydrogens (tertiary/aromatic N) is 3. The molecule has 112 valence electrons. The molecule has 1 amide bonds. The average molecular weight is 299 g/mol. The van der Waals surface area contributed by atoms with Crippen LogP contribution < -0.4 is 11.1 Å². The highest BCUT2D eigenvalue weighted by Gasteiger charge is 2.19. The van der Waals surface area contributed by atoms with Gasteiger partial charge in [0, 0.05) is 19.5 Å². The van der Waals surface area contributed by atoms with E-state index < -0.39 is 0 Å². The predicted octanol–water partition coefficient (Wildman–Crippen LogP) is -0.374. The lowest BCUT2D eigenvalue weighted by molar-refractivity contribution is -0.122. The number of piperidine rings is 1. The standard InChI is InChI=1S/C12H21N5O2S/c13-12-16-15-11(20-12)4-1-5-14-10(19)8-17-6-2-3-9(18)7-17/h9,18H,1-8H2,(H2,13,16)(H,14,19)/t9-/m0/s1. The third-order valence-corrected chi connectivity index (χ3v) is 4.03. The molecule has 1 aliphatic rings. The molecule has 1 aromatic rings. The summed E-state index contributed by atoms with van der Waals surface area (Å²) in [6.45, 7) is 2.46. The van der Waals surface area contributed by atoms with Gasteiger partial charge < -0.3 is 16.2 Å². The molecule has 0 radical (unpaired) electrons. The fourth-order valence-electron chi connectivity index (χ4n) is 2.27. The van der Waals surface area contributed by atoms with Gasteiger partial charge in [0.15, 0.2) is 0 Å². The molecule has 1 saturated heterocycles. The Kier molecular flexibility index (Phi) is 5.69. The van der Waals surface area contributed by atoms with Crippen LogP contribution in [0.2, 0.25) is 0 Å². The molecule has 20 heavy (non-hydrogen) atoms. The van der Waals surface area contributed by atoms with Crippen LogP contribution in [-0.4, -0.2) is 58.4 Å². The molecule has 0 bridgehead atoms. The van der Waals surface area contributed by atoms with E-state index in [9.17, 15) is 9.90 Å². The molecule has 1 aromatic heterocycles. The molecule has 0 aromatic carbocycles. The minimum Gasteiger partial charge on any atom is -0.392 e. The van der Waals surface area contributed by atoms with Gasteiger partial charge in [-0.25, -0.2) is 0 Å². The summed E-state index contributed by atoms with van der Waals surface area (Å²) in [4.78, 5) is 13.7. The molecule has 2 heterocycles. The number of nitrogen functional groups attached to an aromatic ring is 1. The summed E-state index contributed by atoms with van der Waals surface area (Å²) < 4.78 is 0.